The van der Waals surface area contributed by atoms with Gasteiger partial charge in [-0.25, -0.2) is 0 Å². The molecule has 0 saturated carbocycles. The molecule has 0 bridgehead atoms. The van der Waals surface area contributed by atoms with Crippen LogP contribution in [0.2, 0.25) is 5.02 Å². The van der Waals surface area contributed by atoms with Crippen LogP contribution in [0.5, 0.6) is 5.75 Å². The number of fused-ring (bicyclic) bond motifs is 1. The highest BCUT2D eigenvalue weighted by molar-refractivity contribution is 6.30. The number of benzene rings is 1. The lowest BCUT2D eigenvalue weighted by molar-refractivity contribution is 0.383. The average molecular weight is 271 g/mol. The summed E-state index contributed by atoms with van der Waals surface area (Å²) < 4.78 is 5.32. The lowest BCUT2D eigenvalue weighted by Crippen LogP contribution is -2.24. The van der Waals surface area contributed by atoms with Gasteiger partial charge in [-0.1, -0.05) is 17.7 Å². The zero-order chi connectivity index (χ0) is 14.0. The lowest BCUT2D eigenvalue weighted by atomic mass is 9.80. The van der Waals surface area contributed by atoms with E-state index in [1.165, 1.54) is 6.07 Å². The first kappa shape index (κ1) is 12.8. The smallest absolute Gasteiger partial charge is 0.205 e. The lowest BCUT2D eigenvalue weighted by Gasteiger charge is -2.26. The van der Waals surface area contributed by atoms with Crippen molar-refractivity contribution in [3.05, 3.63) is 40.2 Å². The zero-order valence-electron chi connectivity index (χ0n) is 9.59. The molecule has 1 aliphatic rings. The summed E-state index contributed by atoms with van der Waals surface area (Å²) in [6.07, 6.45) is 0. The second-order valence-corrected chi connectivity index (χ2v) is 4.32. The van der Waals surface area contributed by atoms with Gasteiger partial charge in [0.2, 0.25) is 5.88 Å². The predicted octanol–water partition coefficient (Wildman–Crippen LogP) is 2.17. The zero-order valence-corrected chi connectivity index (χ0v) is 10.3. The number of hydrogen-bond acceptors (Lipinski definition) is 5. The molecule has 6 heteroatoms. The Bertz CT molecular complexity index is 676. The molecule has 0 spiro atoms. The molecule has 1 aromatic rings. The molecule has 1 aliphatic heterocycles. The Labute approximate surface area is 114 Å². The van der Waals surface area contributed by atoms with E-state index in [0.717, 1.165) is 0 Å². The Morgan fingerprint density at radius 2 is 1.95 bits per heavy atom. The van der Waals surface area contributed by atoms with E-state index in [0.29, 0.717) is 16.3 Å². The molecule has 92 valence electrons. The normalized spacial score (nSPS) is 16.9. The molecule has 1 atom stereocenters. The van der Waals surface area contributed by atoms with Crippen molar-refractivity contribution in [1.82, 2.24) is 0 Å². The fourth-order valence-corrected chi connectivity index (χ4v) is 2.15. The number of ether oxygens (including phenoxy) is 1. The van der Waals surface area contributed by atoms with Gasteiger partial charge in [0.05, 0.1) is 23.6 Å². The van der Waals surface area contributed by atoms with E-state index in [1.807, 2.05) is 18.2 Å². The van der Waals surface area contributed by atoms with Crippen molar-refractivity contribution >= 4 is 11.6 Å². The van der Waals surface area contributed by atoms with Crippen molar-refractivity contribution in [1.29, 1.82) is 15.8 Å². The van der Waals surface area contributed by atoms with Crippen LogP contribution < -0.4 is 10.5 Å². The molecule has 1 heterocycles. The Kier molecular flexibility index (Phi) is 3.29. The number of nitriles is 3. The van der Waals surface area contributed by atoms with Gasteiger partial charge in [0.25, 0.3) is 0 Å². The van der Waals surface area contributed by atoms with Crippen LogP contribution in [-0.2, 0) is 0 Å². The summed E-state index contributed by atoms with van der Waals surface area (Å²) in [6, 6.07) is 10.4. The van der Waals surface area contributed by atoms with Gasteiger partial charge in [0.1, 0.15) is 17.7 Å². The first-order valence-electron chi connectivity index (χ1n) is 5.28. The molecule has 0 radical (unpaired) electrons. The van der Waals surface area contributed by atoms with Crippen molar-refractivity contribution in [3.63, 3.8) is 0 Å². The molecule has 19 heavy (non-hydrogen) atoms. The molecule has 2 rings (SSSR count). The van der Waals surface area contributed by atoms with Crippen LogP contribution >= 0.6 is 11.6 Å². The molecule has 0 saturated heterocycles. The molecule has 5 nitrogen and oxygen atoms in total. The maximum atomic E-state index is 9.14. The van der Waals surface area contributed by atoms with Crippen LogP contribution in [0.1, 0.15) is 11.5 Å². The largest absolute Gasteiger partial charge is 0.440 e. The maximum absolute atomic E-state index is 9.14. The topological polar surface area (TPSA) is 107 Å². The van der Waals surface area contributed by atoms with Crippen LogP contribution in [0, 0.1) is 39.9 Å². The van der Waals surface area contributed by atoms with Crippen molar-refractivity contribution in [2.24, 2.45) is 11.7 Å². The van der Waals surface area contributed by atoms with Gasteiger partial charge in [-0.15, -0.1) is 0 Å². The quantitative estimate of drug-likeness (QED) is 0.841. The van der Waals surface area contributed by atoms with E-state index in [9.17, 15) is 0 Å². The Morgan fingerprint density at radius 3 is 2.53 bits per heavy atom. The van der Waals surface area contributed by atoms with Crippen LogP contribution in [-0.4, -0.2) is 0 Å². The van der Waals surface area contributed by atoms with Gasteiger partial charge in [-0.3, -0.25) is 0 Å². The summed E-state index contributed by atoms with van der Waals surface area (Å²) in [5, 5.41) is 27.7. The minimum absolute atomic E-state index is 0.0860. The van der Waals surface area contributed by atoms with Gasteiger partial charge in [-0.05, 0) is 12.1 Å². The monoisotopic (exact) mass is 270 g/mol. The van der Waals surface area contributed by atoms with Crippen molar-refractivity contribution in [2.45, 2.75) is 5.92 Å². The van der Waals surface area contributed by atoms with Crippen LogP contribution in [0.15, 0.2) is 29.7 Å². The van der Waals surface area contributed by atoms with E-state index in [1.54, 1.807) is 12.1 Å². The summed E-state index contributed by atoms with van der Waals surface area (Å²) in [7, 11) is 0. The minimum atomic E-state index is -1.02. The van der Waals surface area contributed by atoms with Crippen molar-refractivity contribution < 1.29 is 4.74 Å². The molecule has 0 amide bonds. The molecular weight excluding hydrogens is 264 g/mol. The number of allylic oxidation sites excluding steroid dienone is 1. The summed E-state index contributed by atoms with van der Waals surface area (Å²) in [4.78, 5) is 0. The number of hydrogen-bond donors (Lipinski definition) is 1. The molecule has 1 aromatic carbocycles. The first-order chi connectivity index (χ1) is 9.12. The highest BCUT2D eigenvalue weighted by Crippen LogP contribution is 2.42. The van der Waals surface area contributed by atoms with Crippen LogP contribution in [0.4, 0.5) is 0 Å². The second-order valence-electron chi connectivity index (χ2n) is 3.89. The van der Waals surface area contributed by atoms with Gasteiger partial charge in [0, 0.05) is 10.6 Å². The Hall–Kier alpha value is -2.68. The number of rotatable bonds is 1. The summed E-state index contributed by atoms with van der Waals surface area (Å²) in [6.45, 7) is 0. The predicted molar refractivity (Wildman–Crippen MR) is 66.4 cm³/mol. The summed E-state index contributed by atoms with van der Waals surface area (Å²) in [5.41, 5.74) is 6.31. The van der Waals surface area contributed by atoms with Crippen molar-refractivity contribution in [3.8, 4) is 24.0 Å². The van der Waals surface area contributed by atoms with Crippen LogP contribution in [0.3, 0.4) is 0 Å². The second kappa shape index (κ2) is 4.90. The van der Waals surface area contributed by atoms with E-state index in [-0.39, 0.29) is 11.5 Å². The summed E-state index contributed by atoms with van der Waals surface area (Å²) in [5.74, 6) is -1.47. The third-order valence-electron chi connectivity index (χ3n) is 2.84. The third kappa shape index (κ3) is 2.06. The fraction of sp³-hybridized carbons (Fsp3) is 0.154. The van der Waals surface area contributed by atoms with Gasteiger partial charge >= 0.3 is 0 Å². The third-order valence-corrected chi connectivity index (χ3v) is 3.07. The molecule has 0 aromatic heterocycles. The molecular formula is C13H7ClN4O. The van der Waals surface area contributed by atoms with Crippen LogP contribution in [0.25, 0.3) is 0 Å². The Morgan fingerprint density at radius 1 is 1.26 bits per heavy atom. The molecule has 2 N–H and O–H groups in total. The van der Waals surface area contributed by atoms with Gasteiger partial charge in [-0.2, -0.15) is 15.8 Å². The SMILES string of the molecule is N#CC1=C(N)Oc2cc(Cl)ccc2C1C(C#N)C#N. The highest BCUT2D eigenvalue weighted by atomic mass is 35.5. The molecule has 0 fully saturated rings. The minimum Gasteiger partial charge on any atom is -0.440 e. The van der Waals surface area contributed by atoms with Gasteiger partial charge < -0.3 is 10.5 Å². The first-order valence-corrected chi connectivity index (χ1v) is 5.66. The number of nitrogens with zero attached hydrogens (tertiary/aromatic N) is 3. The fourth-order valence-electron chi connectivity index (χ4n) is 1.98. The molecule has 1 unspecified atom stereocenters. The maximum Gasteiger partial charge on any atom is 0.205 e. The standard InChI is InChI=1S/C13H7ClN4O/c14-8-1-2-9-11(3-8)19-13(18)10(6-17)12(9)7(4-15)5-16/h1-3,7,12H,18H2. The van der Waals surface area contributed by atoms with E-state index >= 15 is 0 Å². The van der Waals surface area contributed by atoms with E-state index < -0.39 is 11.8 Å². The highest BCUT2D eigenvalue weighted by Gasteiger charge is 2.35. The number of halogens is 1. The number of nitrogens with two attached hydrogens (primary N) is 1. The average Bonchev–Trinajstić information content (AvgIpc) is 2.39. The van der Waals surface area contributed by atoms with Gasteiger partial charge in [0.15, 0.2) is 0 Å². The van der Waals surface area contributed by atoms with E-state index in [2.05, 4.69) is 0 Å². The van der Waals surface area contributed by atoms with E-state index in [4.69, 9.17) is 37.9 Å². The summed E-state index contributed by atoms with van der Waals surface area (Å²) >= 11 is 5.86. The molecule has 0 aliphatic carbocycles. The Balaban J connectivity index is 2.66. The van der Waals surface area contributed by atoms with Crippen molar-refractivity contribution in [2.75, 3.05) is 0 Å².